The van der Waals surface area contributed by atoms with Crippen LogP contribution in [0.4, 0.5) is 0 Å². The molecule has 0 saturated carbocycles. The minimum atomic E-state index is -2.40. The Balaban J connectivity index is 3.23. The van der Waals surface area contributed by atoms with Crippen molar-refractivity contribution in [1.29, 1.82) is 0 Å². The number of carbonyl (C=O) groups excluding carboxylic acids is 3. The Labute approximate surface area is 127 Å². The van der Waals surface area contributed by atoms with E-state index in [0.717, 1.165) is 20.3 Å². The van der Waals surface area contributed by atoms with Gasteiger partial charge in [-0.2, -0.15) is 0 Å². The Morgan fingerprint density at radius 1 is 1.23 bits per heavy atom. The van der Waals surface area contributed by atoms with E-state index in [1.807, 2.05) is 0 Å². The van der Waals surface area contributed by atoms with E-state index < -0.39 is 23.6 Å². The highest BCUT2D eigenvalue weighted by Gasteiger charge is 2.48. The highest BCUT2D eigenvalue weighted by molar-refractivity contribution is 5.93. The summed E-state index contributed by atoms with van der Waals surface area (Å²) in [6, 6.07) is 7.15. The lowest BCUT2D eigenvalue weighted by molar-refractivity contribution is -0.168. The minimum Gasteiger partial charge on any atom is -0.467 e. The zero-order valence-electron chi connectivity index (χ0n) is 12.2. The van der Waals surface area contributed by atoms with Gasteiger partial charge in [0.25, 0.3) is 0 Å². The maximum absolute atomic E-state index is 11.9. The molecule has 0 aromatic heterocycles. The summed E-state index contributed by atoms with van der Waals surface area (Å²) in [5.41, 5.74) is -1.72. The molecular formula is C15H17NO6. The lowest BCUT2D eigenvalue weighted by Crippen LogP contribution is -2.59. The van der Waals surface area contributed by atoms with Crippen LogP contribution in [0.2, 0.25) is 0 Å². The number of esters is 2. The number of benzene rings is 1. The number of hydrogen-bond acceptors (Lipinski definition) is 6. The molecule has 1 aromatic carbocycles. The quantitative estimate of drug-likeness (QED) is 0.538. The van der Waals surface area contributed by atoms with E-state index >= 15 is 0 Å². The van der Waals surface area contributed by atoms with Gasteiger partial charge in [0.05, 0.1) is 14.2 Å². The third kappa shape index (κ3) is 3.92. The maximum Gasteiger partial charge on any atom is 0.344 e. The zero-order valence-corrected chi connectivity index (χ0v) is 12.2. The molecule has 118 valence electrons. The lowest BCUT2D eigenvalue weighted by Gasteiger charge is -2.28. The molecular weight excluding hydrogens is 290 g/mol. The monoisotopic (exact) mass is 307 g/mol. The van der Waals surface area contributed by atoms with Crippen LogP contribution in [0.3, 0.4) is 0 Å². The van der Waals surface area contributed by atoms with E-state index in [9.17, 15) is 19.5 Å². The molecule has 0 aliphatic heterocycles. The van der Waals surface area contributed by atoms with Gasteiger partial charge in [0.15, 0.2) is 6.04 Å². The normalized spacial score (nSPS) is 14.7. The molecule has 22 heavy (non-hydrogen) atoms. The molecule has 0 spiro atoms. The van der Waals surface area contributed by atoms with E-state index in [0.29, 0.717) is 5.56 Å². The van der Waals surface area contributed by atoms with Crippen molar-refractivity contribution in [1.82, 2.24) is 5.32 Å². The second-order valence-corrected chi connectivity index (χ2v) is 4.30. The van der Waals surface area contributed by atoms with Gasteiger partial charge in [-0.25, -0.2) is 9.59 Å². The summed E-state index contributed by atoms with van der Waals surface area (Å²) in [6.07, 6.45) is 2.69. The van der Waals surface area contributed by atoms with Crippen LogP contribution in [-0.2, 0) is 23.9 Å². The molecule has 0 heterocycles. The van der Waals surface area contributed by atoms with Gasteiger partial charge in [0.2, 0.25) is 12.0 Å². The van der Waals surface area contributed by atoms with Crippen molar-refractivity contribution < 1.29 is 29.0 Å². The van der Waals surface area contributed by atoms with Gasteiger partial charge in [-0.1, -0.05) is 36.4 Å². The van der Waals surface area contributed by atoms with Crippen LogP contribution in [0.5, 0.6) is 0 Å². The first kappa shape index (κ1) is 17.4. The van der Waals surface area contributed by atoms with Crippen molar-refractivity contribution in [3.05, 3.63) is 42.0 Å². The number of nitrogens with one attached hydrogen (secondary N) is 1. The third-order valence-corrected chi connectivity index (χ3v) is 2.95. The SMILES string of the molecule is COC(=O)[C@H](NC=O)[C@@](O)(/C=C/c1ccccc1)C(=O)OC. The Morgan fingerprint density at radius 2 is 1.86 bits per heavy atom. The molecule has 1 aromatic rings. The second-order valence-electron chi connectivity index (χ2n) is 4.30. The predicted octanol–water partition coefficient (Wildman–Crippen LogP) is -0.109. The summed E-state index contributed by atoms with van der Waals surface area (Å²) in [5.74, 6) is -2.10. The van der Waals surface area contributed by atoms with Crippen LogP contribution in [-0.4, -0.2) is 49.3 Å². The Bertz CT molecular complexity index is 556. The highest BCUT2D eigenvalue weighted by atomic mass is 16.5. The van der Waals surface area contributed by atoms with Gasteiger partial charge < -0.3 is 19.9 Å². The molecule has 2 atom stereocenters. The number of methoxy groups -OCH3 is 2. The number of ether oxygens (including phenoxy) is 2. The van der Waals surface area contributed by atoms with Crippen LogP contribution in [0.25, 0.3) is 6.08 Å². The fourth-order valence-corrected chi connectivity index (χ4v) is 1.79. The van der Waals surface area contributed by atoms with Crippen molar-refractivity contribution in [3.8, 4) is 0 Å². The van der Waals surface area contributed by atoms with Gasteiger partial charge in [-0.15, -0.1) is 0 Å². The standard InChI is InChI=1S/C15H17NO6/c1-21-13(18)12(16-10-17)15(20,14(19)22-2)9-8-11-6-4-3-5-7-11/h3-10,12,20H,1-2H3,(H,16,17)/b9-8+/t12-,15-/m0/s1. The minimum absolute atomic E-state index is 0.186. The van der Waals surface area contributed by atoms with E-state index in [4.69, 9.17) is 0 Å². The molecule has 7 heteroatoms. The number of carbonyl (C=O) groups is 3. The second kappa shape index (κ2) is 7.94. The van der Waals surface area contributed by atoms with Crippen molar-refractivity contribution in [2.24, 2.45) is 0 Å². The first-order chi connectivity index (χ1) is 10.5. The van der Waals surface area contributed by atoms with Crippen molar-refractivity contribution >= 4 is 24.4 Å². The first-order valence-corrected chi connectivity index (χ1v) is 6.32. The third-order valence-electron chi connectivity index (χ3n) is 2.95. The largest absolute Gasteiger partial charge is 0.467 e. The summed E-state index contributed by atoms with van der Waals surface area (Å²) in [5, 5.41) is 12.6. The maximum atomic E-state index is 11.9. The molecule has 0 aliphatic rings. The number of aliphatic hydroxyl groups is 1. The molecule has 0 fully saturated rings. The molecule has 0 saturated heterocycles. The van der Waals surface area contributed by atoms with Gasteiger partial charge in [0.1, 0.15) is 0 Å². The fourth-order valence-electron chi connectivity index (χ4n) is 1.79. The van der Waals surface area contributed by atoms with E-state index in [-0.39, 0.29) is 6.41 Å². The number of hydrogen-bond donors (Lipinski definition) is 2. The smallest absolute Gasteiger partial charge is 0.344 e. The molecule has 0 bridgehead atoms. The predicted molar refractivity (Wildman–Crippen MR) is 77.4 cm³/mol. The number of rotatable bonds is 7. The molecule has 0 aliphatic carbocycles. The van der Waals surface area contributed by atoms with E-state index in [1.54, 1.807) is 30.3 Å². The summed E-state index contributed by atoms with van der Waals surface area (Å²) in [4.78, 5) is 34.3. The zero-order chi connectivity index (χ0) is 16.6. The van der Waals surface area contributed by atoms with E-state index in [1.165, 1.54) is 6.08 Å². The molecule has 0 radical (unpaired) electrons. The topological polar surface area (TPSA) is 102 Å². The average Bonchev–Trinajstić information content (AvgIpc) is 2.57. The highest BCUT2D eigenvalue weighted by Crippen LogP contribution is 2.18. The van der Waals surface area contributed by atoms with Crippen LogP contribution in [0.15, 0.2) is 36.4 Å². The molecule has 0 unspecified atom stereocenters. The van der Waals surface area contributed by atoms with Crippen molar-refractivity contribution in [2.75, 3.05) is 14.2 Å². The van der Waals surface area contributed by atoms with Crippen LogP contribution in [0, 0.1) is 0 Å². The Kier molecular flexibility index (Phi) is 6.27. The van der Waals surface area contributed by atoms with Gasteiger partial charge in [-0.3, -0.25) is 4.79 Å². The fraction of sp³-hybridized carbons (Fsp3) is 0.267. The summed E-state index contributed by atoms with van der Waals surface area (Å²) in [7, 11) is 2.12. The Hall–Kier alpha value is -2.67. The molecule has 1 rings (SSSR count). The van der Waals surface area contributed by atoms with Crippen LogP contribution >= 0.6 is 0 Å². The summed E-state index contributed by atoms with van der Waals surface area (Å²) in [6.45, 7) is 0. The molecule has 7 nitrogen and oxygen atoms in total. The first-order valence-electron chi connectivity index (χ1n) is 6.32. The van der Waals surface area contributed by atoms with Crippen LogP contribution < -0.4 is 5.32 Å². The Morgan fingerprint density at radius 3 is 2.36 bits per heavy atom. The van der Waals surface area contributed by atoms with Crippen molar-refractivity contribution in [2.45, 2.75) is 11.6 Å². The molecule has 2 N–H and O–H groups in total. The van der Waals surface area contributed by atoms with Gasteiger partial charge in [0, 0.05) is 0 Å². The van der Waals surface area contributed by atoms with Gasteiger partial charge in [-0.05, 0) is 11.6 Å². The number of amides is 1. The molecule has 1 amide bonds. The lowest BCUT2D eigenvalue weighted by atomic mass is 9.92. The average molecular weight is 307 g/mol. The van der Waals surface area contributed by atoms with Crippen molar-refractivity contribution in [3.63, 3.8) is 0 Å². The van der Waals surface area contributed by atoms with Gasteiger partial charge >= 0.3 is 11.9 Å². The van der Waals surface area contributed by atoms with E-state index in [2.05, 4.69) is 14.8 Å². The van der Waals surface area contributed by atoms with Crippen LogP contribution in [0.1, 0.15) is 5.56 Å². The summed E-state index contributed by atoms with van der Waals surface area (Å²) >= 11 is 0. The summed E-state index contributed by atoms with van der Waals surface area (Å²) < 4.78 is 9.02.